The van der Waals surface area contributed by atoms with E-state index in [2.05, 4.69) is 10.3 Å². The first-order valence-corrected chi connectivity index (χ1v) is 7.91. The number of hydrogen-bond donors (Lipinski definition) is 3. The largest absolute Gasteiger partial charge is 0.481 e. The summed E-state index contributed by atoms with van der Waals surface area (Å²) in [6.45, 7) is 0. The third-order valence-electron chi connectivity index (χ3n) is 4.43. The highest BCUT2D eigenvalue weighted by atomic mass is 16.4. The number of aliphatic carboxylic acids is 1. The van der Waals surface area contributed by atoms with Gasteiger partial charge in [-0.05, 0) is 43.4 Å². The summed E-state index contributed by atoms with van der Waals surface area (Å²) >= 11 is 0. The number of benzene rings is 1. The van der Waals surface area contributed by atoms with Gasteiger partial charge in [-0.3, -0.25) is 9.59 Å². The first kappa shape index (κ1) is 15.3. The van der Waals surface area contributed by atoms with Crippen molar-refractivity contribution < 1.29 is 14.7 Å². The maximum atomic E-state index is 12.3. The van der Waals surface area contributed by atoms with Crippen LogP contribution >= 0.6 is 0 Å². The SMILES string of the molecule is O=C(NC1CCC(C(=O)O)CC1)c1ccc(-c2ccccc2)[nH]1. The van der Waals surface area contributed by atoms with Gasteiger partial charge in [0.2, 0.25) is 0 Å². The molecule has 0 unspecified atom stereocenters. The van der Waals surface area contributed by atoms with E-state index in [-0.39, 0.29) is 17.9 Å². The fraction of sp³-hybridized carbons (Fsp3) is 0.333. The van der Waals surface area contributed by atoms with Crippen LogP contribution in [0.5, 0.6) is 0 Å². The highest BCUT2D eigenvalue weighted by Crippen LogP contribution is 2.25. The maximum Gasteiger partial charge on any atom is 0.306 e. The Labute approximate surface area is 134 Å². The Bertz CT molecular complexity index is 685. The van der Waals surface area contributed by atoms with Gasteiger partial charge in [0.05, 0.1) is 5.92 Å². The quantitative estimate of drug-likeness (QED) is 0.811. The first-order valence-electron chi connectivity index (χ1n) is 7.91. The molecule has 23 heavy (non-hydrogen) atoms. The molecule has 5 heteroatoms. The lowest BCUT2D eigenvalue weighted by Crippen LogP contribution is -2.38. The molecule has 1 aromatic carbocycles. The van der Waals surface area contributed by atoms with E-state index >= 15 is 0 Å². The number of carboxylic acid groups (broad SMARTS) is 1. The van der Waals surface area contributed by atoms with E-state index in [0.717, 1.165) is 24.1 Å². The van der Waals surface area contributed by atoms with Crippen LogP contribution in [0.25, 0.3) is 11.3 Å². The smallest absolute Gasteiger partial charge is 0.306 e. The lowest BCUT2D eigenvalue weighted by molar-refractivity contribution is -0.142. The van der Waals surface area contributed by atoms with Crippen LogP contribution in [0.3, 0.4) is 0 Å². The zero-order chi connectivity index (χ0) is 16.2. The molecule has 1 aliphatic carbocycles. The third-order valence-corrected chi connectivity index (χ3v) is 4.43. The molecule has 0 radical (unpaired) electrons. The average molecular weight is 312 g/mol. The molecule has 0 atom stereocenters. The van der Waals surface area contributed by atoms with E-state index in [4.69, 9.17) is 5.11 Å². The zero-order valence-corrected chi connectivity index (χ0v) is 12.8. The number of hydrogen-bond acceptors (Lipinski definition) is 2. The minimum Gasteiger partial charge on any atom is -0.481 e. The number of carbonyl (C=O) groups excluding carboxylic acids is 1. The van der Waals surface area contributed by atoms with Gasteiger partial charge in [0, 0.05) is 11.7 Å². The first-order chi connectivity index (χ1) is 11.1. The van der Waals surface area contributed by atoms with Crippen molar-refractivity contribution in [2.75, 3.05) is 0 Å². The van der Waals surface area contributed by atoms with Crippen molar-refractivity contribution in [1.82, 2.24) is 10.3 Å². The lowest BCUT2D eigenvalue weighted by Gasteiger charge is -2.26. The van der Waals surface area contributed by atoms with Crippen LogP contribution < -0.4 is 5.32 Å². The number of H-pyrrole nitrogens is 1. The molecule has 3 N–H and O–H groups in total. The second kappa shape index (κ2) is 6.69. The van der Waals surface area contributed by atoms with Crippen molar-refractivity contribution in [3.63, 3.8) is 0 Å². The topological polar surface area (TPSA) is 82.2 Å². The Balaban J connectivity index is 1.59. The molecular weight excluding hydrogens is 292 g/mol. The number of carboxylic acids is 1. The van der Waals surface area contributed by atoms with Gasteiger partial charge in [0.15, 0.2) is 0 Å². The Morgan fingerprint density at radius 2 is 1.70 bits per heavy atom. The Morgan fingerprint density at radius 3 is 2.35 bits per heavy atom. The Kier molecular flexibility index (Phi) is 4.46. The average Bonchev–Trinajstić information content (AvgIpc) is 3.06. The summed E-state index contributed by atoms with van der Waals surface area (Å²) in [5.41, 5.74) is 2.48. The maximum absolute atomic E-state index is 12.3. The molecule has 0 saturated heterocycles. The summed E-state index contributed by atoms with van der Waals surface area (Å²) in [7, 11) is 0. The Morgan fingerprint density at radius 1 is 1.00 bits per heavy atom. The molecule has 0 spiro atoms. The summed E-state index contributed by atoms with van der Waals surface area (Å²) in [4.78, 5) is 26.4. The van der Waals surface area contributed by atoms with Gasteiger partial charge in [-0.15, -0.1) is 0 Å². The van der Waals surface area contributed by atoms with Crippen LogP contribution in [0, 0.1) is 5.92 Å². The normalized spacial score (nSPS) is 20.9. The van der Waals surface area contributed by atoms with Crippen LogP contribution in [-0.2, 0) is 4.79 Å². The molecule has 0 bridgehead atoms. The highest BCUT2D eigenvalue weighted by Gasteiger charge is 2.27. The van der Waals surface area contributed by atoms with E-state index < -0.39 is 5.97 Å². The molecule has 0 aliphatic heterocycles. The molecule has 1 aliphatic rings. The summed E-state index contributed by atoms with van der Waals surface area (Å²) in [5.74, 6) is -1.13. The fourth-order valence-electron chi connectivity index (χ4n) is 3.06. The lowest BCUT2D eigenvalue weighted by atomic mass is 9.86. The van der Waals surface area contributed by atoms with Crippen LogP contribution in [0.15, 0.2) is 42.5 Å². The molecule has 3 rings (SSSR count). The minimum absolute atomic E-state index is 0.0570. The van der Waals surface area contributed by atoms with Crippen molar-refractivity contribution in [3.05, 3.63) is 48.2 Å². The van der Waals surface area contributed by atoms with Gasteiger partial charge in [-0.2, -0.15) is 0 Å². The van der Waals surface area contributed by atoms with Crippen LogP contribution in [0.2, 0.25) is 0 Å². The van der Waals surface area contributed by atoms with E-state index in [1.165, 1.54) is 0 Å². The third kappa shape index (κ3) is 3.62. The highest BCUT2D eigenvalue weighted by molar-refractivity contribution is 5.93. The van der Waals surface area contributed by atoms with Crippen LogP contribution in [0.4, 0.5) is 0 Å². The predicted octanol–water partition coefficient (Wildman–Crippen LogP) is 3.05. The number of aromatic nitrogens is 1. The second-order valence-corrected chi connectivity index (χ2v) is 6.01. The molecule has 1 fully saturated rings. The zero-order valence-electron chi connectivity index (χ0n) is 12.8. The van der Waals surface area contributed by atoms with E-state index in [0.29, 0.717) is 18.5 Å². The second-order valence-electron chi connectivity index (χ2n) is 6.01. The summed E-state index contributed by atoms with van der Waals surface area (Å²) in [5, 5.41) is 12.0. The number of aromatic amines is 1. The van der Waals surface area contributed by atoms with Crippen molar-refractivity contribution in [1.29, 1.82) is 0 Å². The standard InChI is InChI=1S/C18H20N2O3/c21-17(19-14-8-6-13(7-9-14)18(22)23)16-11-10-15(20-16)12-4-2-1-3-5-12/h1-5,10-11,13-14,20H,6-9H2,(H,19,21)(H,22,23). The van der Waals surface area contributed by atoms with Gasteiger partial charge in [-0.25, -0.2) is 0 Å². The number of amides is 1. The van der Waals surface area contributed by atoms with Crippen molar-refractivity contribution >= 4 is 11.9 Å². The van der Waals surface area contributed by atoms with Gasteiger partial charge >= 0.3 is 5.97 Å². The minimum atomic E-state index is -0.730. The fourth-order valence-corrected chi connectivity index (χ4v) is 3.06. The molecule has 2 aromatic rings. The van der Waals surface area contributed by atoms with Gasteiger partial charge in [-0.1, -0.05) is 30.3 Å². The van der Waals surface area contributed by atoms with Gasteiger partial charge in [0.25, 0.3) is 5.91 Å². The monoisotopic (exact) mass is 312 g/mol. The summed E-state index contributed by atoms with van der Waals surface area (Å²) < 4.78 is 0. The molecule has 120 valence electrons. The van der Waals surface area contributed by atoms with Gasteiger partial charge in [0.1, 0.15) is 5.69 Å². The van der Waals surface area contributed by atoms with Crippen molar-refractivity contribution in [2.24, 2.45) is 5.92 Å². The molecule has 5 nitrogen and oxygen atoms in total. The number of nitrogens with one attached hydrogen (secondary N) is 2. The summed E-state index contributed by atoms with van der Waals surface area (Å²) in [6, 6.07) is 13.6. The van der Waals surface area contributed by atoms with Crippen molar-refractivity contribution in [3.8, 4) is 11.3 Å². The van der Waals surface area contributed by atoms with Crippen LogP contribution in [-0.4, -0.2) is 28.0 Å². The van der Waals surface area contributed by atoms with Gasteiger partial charge < -0.3 is 15.4 Å². The molecule has 1 saturated carbocycles. The van der Waals surface area contributed by atoms with Crippen LogP contribution in [0.1, 0.15) is 36.2 Å². The van der Waals surface area contributed by atoms with E-state index in [1.807, 2.05) is 36.4 Å². The summed E-state index contributed by atoms with van der Waals surface area (Å²) in [6.07, 6.45) is 2.68. The molecule has 1 amide bonds. The molecular formula is C18H20N2O3. The van der Waals surface area contributed by atoms with E-state index in [9.17, 15) is 9.59 Å². The van der Waals surface area contributed by atoms with Crippen molar-refractivity contribution in [2.45, 2.75) is 31.7 Å². The Hall–Kier alpha value is -2.56. The predicted molar refractivity (Wildman–Crippen MR) is 87.1 cm³/mol. The molecule has 1 aromatic heterocycles. The number of carbonyl (C=O) groups is 2. The van der Waals surface area contributed by atoms with E-state index in [1.54, 1.807) is 6.07 Å². The number of rotatable bonds is 4. The molecule has 1 heterocycles.